The Morgan fingerprint density at radius 3 is 1.88 bits per heavy atom. The molecule has 0 atom stereocenters. The average Bonchev–Trinajstić information content (AvgIpc) is 3.46. The van der Waals surface area contributed by atoms with Crippen LogP contribution in [0, 0.1) is 6.92 Å². The van der Waals surface area contributed by atoms with E-state index in [0.717, 1.165) is 24.2 Å². The molecule has 1 saturated heterocycles. The van der Waals surface area contributed by atoms with Crippen LogP contribution in [0.5, 0.6) is 0 Å². The van der Waals surface area contributed by atoms with E-state index in [1.54, 1.807) is 12.1 Å². The van der Waals surface area contributed by atoms with Gasteiger partial charge < -0.3 is 9.32 Å². The van der Waals surface area contributed by atoms with Crippen LogP contribution in [0.2, 0.25) is 5.02 Å². The van der Waals surface area contributed by atoms with Crippen molar-refractivity contribution in [2.75, 3.05) is 31.1 Å². The van der Waals surface area contributed by atoms with Crippen molar-refractivity contribution in [3.8, 4) is 11.5 Å². The minimum atomic E-state index is -3.97. The quantitative estimate of drug-likeness (QED) is 0.205. The highest BCUT2D eigenvalue weighted by Crippen LogP contribution is 2.37. The fourth-order valence-electron chi connectivity index (χ4n) is 5.29. The lowest BCUT2D eigenvalue weighted by molar-refractivity contribution is 0.209. The van der Waals surface area contributed by atoms with Crippen LogP contribution in [-0.2, 0) is 9.84 Å². The molecule has 4 aromatic carbocycles. The fraction of sp³-hybridized carbons (Fsp3) is 0.182. The first-order valence-corrected chi connectivity index (χ1v) is 15.4. The summed E-state index contributed by atoms with van der Waals surface area (Å²) < 4.78 is 34.0. The Morgan fingerprint density at radius 2 is 1.32 bits per heavy atom. The van der Waals surface area contributed by atoms with Gasteiger partial charge in [-0.3, -0.25) is 4.90 Å². The van der Waals surface area contributed by atoms with Crippen molar-refractivity contribution in [3.63, 3.8) is 0 Å². The van der Waals surface area contributed by atoms with Gasteiger partial charge in [-0.1, -0.05) is 90.0 Å². The van der Waals surface area contributed by atoms with Gasteiger partial charge in [0.1, 0.15) is 0 Å². The molecule has 0 saturated carbocycles. The molecule has 0 bridgehead atoms. The summed E-state index contributed by atoms with van der Waals surface area (Å²) in [5.74, 6) is 0.549. The maximum Gasteiger partial charge on any atom is 0.236 e. The van der Waals surface area contributed by atoms with Crippen molar-refractivity contribution in [2.24, 2.45) is 0 Å². The number of rotatable bonds is 7. The molecule has 41 heavy (non-hydrogen) atoms. The van der Waals surface area contributed by atoms with Gasteiger partial charge in [-0.2, -0.15) is 4.98 Å². The zero-order chi connectivity index (χ0) is 28.4. The van der Waals surface area contributed by atoms with Crippen LogP contribution < -0.4 is 4.90 Å². The number of oxazole rings is 1. The maximum absolute atomic E-state index is 13.8. The van der Waals surface area contributed by atoms with Gasteiger partial charge in [-0.25, -0.2) is 8.42 Å². The summed E-state index contributed by atoms with van der Waals surface area (Å²) in [5.41, 5.74) is 4.26. The van der Waals surface area contributed by atoms with E-state index in [1.165, 1.54) is 23.3 Å². The Labute approximate surface area is 245 Å². The number of hydrogen-bond donors (Lipinski definition) is 0. The third-order valence-corrected chi connectivity index (χ3v) is 9.37. The van der Waals surface area contributed by atoms with E-state index >= 15 is 0 Å². The van der Waals surface area contributed by atoms with Crippen molar-refractivity contribution < 1.29 is 12.8 Å². The van der Waals surface area contributed by atoms with Crippen LogP contribution in [0.1, 0.15) is 22.7 Å². The van der Waals surface area contributed by atoms with Gasteiger partial charge in [0.25, 0.3) is 0 Å². The van der Waals surface area contributed by atoms with Crippen LogP contribution in [0.25, 0.3) is 11.5 Å². The average molecular weight is 584 g/mol. The zero-order valence-corrected chi connectivity index (χ0v) is 24.2. The predicted octanol–water partition coefficient (Wildman–Crippen LogP) is 7.05. The number of nitrogens with zero attached hydrogens (tertiary/aromatic N) is 3. The minimum Gasteiger partial charge on any atom is -0.419 e. The molecular weight excluding hydrogens is 554 g/mol. The van der Waals surface area contributed by atoms with E-state index in [9.17, 15) is 8.42 Å². The Bertz CT molecular complexity index is 1680. The molecule has 6 rings (SSSR count). The number of aromatic nitrogens is 1. The molecule has 0 radical (unpaired) electrons. The Balaban J connectivity index is 1.34. The first kappa shape index (κ1) is 27.3. The van der Waals surface area contributed by atoms with Crippen molar-refractivity contribution >= 4 is 27.3 Å². The normalized spacial score (nSPS) is 14.5. The molecule has 0 amide bonds. The lowest BCUT2D eigenvalue weighted by Crippen LogP contribution is -2.48. The second-order valence-electron chi connectivity index (χ2n) is 10.2. The third-order valence-electron chi connectivity index (χ3n) is 7.45. The van der Waals surface area contributed by atoms with Gasteiger partial charge in [0.2, 0.25) is 26.6 Å². The van der Waals surface area contributed by atoms with E-state index in [0.29, 0.717) is 18.1 Å². The zero-order valence-electron chi connectivity index (χ0n) is 22.7. The van der Waals surface area contributed by atoms with Crippen LogP contribution >= 0.6 is 11.6 Å². The minimum absolute atomic E-state index is 0.0773. The van der Waals surface area contributed by atoms with Gasteiger partial charge in [-0.15, -0.1) is 0 Å². The second kappa shape index (κ2) is 11.5. The molecule has 0 aliphatic carbocycles. The summed E-state index contributed by atoms with van der Waals surface area (Å²) in [4.78, 5) is 9.12. The number of halogens is 1. The smallest absolute Gasteiger partial charge is 0.236 e. The van der Waals surface area contributed by atoms with E-state index in [4.69, 9.17) is 16.0 Å². The van der Waals surface area contributed by atoms with Crippen LogP contribution in [0.4, 0.5) is 5.88 Å². The van der Waals surface area contributed by atoms with Gasteiger partial charge >= 0.3 is 0 Å². The van der Waals surface area contributed by atoms with E-state index in [1.807, 2.05) is 48.2 Å². The number of benzene rings is 4. The molecule has 1 aliphatic rings. The summed E-state index contributed by atoms with van der Waals surface area (Å²) in [6.07, 6.45) is 0. The Kier molecular flexibility index (Phi) is 7.67. The van der Waals surface area contributed by atoms with Gasteiger partial charge in [0.15, 0.2) is 0 Å². The Hall–Kier alpha value is -3.91. The lowest BCUT2D eigenvalue weighted by atomic mass is 9.96. The highest BCUT2D eigenvalue weighted by molar-refractivity contribution is 7.91. The molecule has 5 aromatic rings. The molecule has 2 heterocycles. The van der Waals surface area contributed by atoms with Gasteiger partial charge in [0.05, 0.1) is 10.9 Å². The van der Waals surface area contributed by atoms with Gasteiger partial charge in [-0.05, 0) is 54.4 Å². The number of aryl methyl sites for hydroxylation is 1. The molecule has 6 nitrogen and oxygen atoms in total. The SMILES string of the molecule is Cc1ccc(-c2nc(S(=O)(=O)c3ccc(Cl)cc3)c(N3CCN(C(c4ccccc4)c4ccccc4)CC3)o2)cc1. The molecule has 0 unspecified atom stereocenters. The van der Waals surface area contributed by atoms with Crippen LogP contribution in [-0.4, -0.2) is 44.5 Å². The fourth-order valence-corrected chi connectivity index (χ4v) is 6.73. The summed E-state index contributed by atoms with van der Waals surface area (Å²) in [5, 5.41) is 0.388. The van der Waals surface area contributed by atoms with Gasteiger partial charge in [0, 0.05) is 36.8 Å². The Morgan fingerprint density at radius 1 is 0.756 bits per heavy atom. The predicted molar refractivity (Wildman–Crippen MR) is 162 cm³/mol. The number of anilines is 1. The number of sulfone groups is 1. The van der Waals surface area contributed by atoms with Crippen LogP contribution in [0.3, 0.4) is 0 Å². The summed E-state index contributed by atoms with van der Waals surface area (Å²) >= 11 is 6.04. The van der Waals surface area contributed by atoms with E-state index in [-0.39, 0.29) is 27.7 Å². The van der Waals surface area contributed by atoms with E-state index < -0.39 is 9.84 Å². The molecule has 0 spiro atoms. The largest absolute Gasteiger partial charge is 0.419 e. The van der Waals surface area contributed by atoms with Crippen molar-refractivity contribution in [1.29, 1.82) is 0 Å². The molecular formula is C33H30ClN3O3S. The first-order valence-electron chi connectivity index (χ1n) is 13.6. The van der Waals surface area contributed by atoms with E-state index in [2.05, 4.69) is 58.4 Å². The van der Waals surface area contributed by atoms with Crippen LogP contribution in [0.15, 0.2) is 124 Å². The second-order valence-corrected chi connectivity index (χ2v) is 12.5. The monoisotopic (exact) mass is 583 g/mol. The first-order chi connectivity index (χ1) is 19.9. The topological polar surface area (TPSA) is 66.7 Å². The molecule has 1 aromatic heterocycles. The lowest BCUT2D eigenvalue weighted by Gasteiger charge is -2.39. The maximum atomic E-state index is 13.8. The van der Waals surface area contributed by atoms with Crippen molar-refractivity contribution in [1.82, 2.24) is 9.88 Å². The number of piperazine rings is 1. The molecule has 1 aliphatic heterocycles. The highest BCUT2D eigenvalue weighted by atomic mass is 35.5. The summed E-state index contributed by atoms with van der Waals surface area (Å²) in [6.45, 7) is 4.60. The summed E-state index contributed by atoms with van der Waals surface area (Å²) in [7, 11) is -3.97. The standard InChI is InChI=1S/C33H30ClN3O3S/c1-24-12-14-27(15-13-24)31-35-32(41(38,39)29-18-16-28(34)17-19-29)33(40-31)37-22-20-36(21-23-37)30(25-8-4-2-5-9-25)26-10-6-3-7-11-26/h2-19,30H,20-23H2,1H3. The van der Waals surface area contributed by atoms with Crippen molar-refractivity contribution in [2.45, 2.75) is 22.9 Å². The molecule has 8 heteroatoms. The molecule has 208 valence electrons. The highest BCUT2D eigenvalue weighted by Gasteiger charge is 2.34. The molecule has 1 fully saturated rings. The number of hydrogen-bond acceptors (Lipinski definition) is 6. The van der Waals surface area contributed by atoms with Crippen molar-refractivity contribution in [3.05, 3.63) is 131 Å². The summed E-state index contributed by atoms with van der Waals surface area (Å²) in [6, 6.07) is 34.9. The molecule has 0 N–H and O–H groups in total. The third kappa shape index (κ3) is 5.66.